The average molecular weight is 243 g/mol. The highest BCUT2D eigenvalue weighted by molar-refractivity contribution is 5.84. The van der Waals surface area contributed by atoms with Crippen molar-refractivity contribution in [2.75, 3.05) is 20.1 Å². The van der Waals surface area contributed by atoms with E-state index in [-0.39, 0.29) is 18.4 Å². The lowest BCUT2D eigenvalue weighted by molar-refractivity contribution is -0.126. The number of hydrogen-bond acceptors (Lipinski definition) is 3. The minimum atomic E-state index is -0.176. The molecule has 0 radical (unpaired) electrons. The SMILES string of the molecule is CCCC(CCN)CCC(=O)NCC(=O)NC. The zero-order chi connectivity index (χ0) is 13.1. The van der Waals surface area contributed by atoms with Crippen LogP contribution in [0.2, 0.25) is 0 Å². The van der Waals surface area contributed by atoms with Gasteiger partial charge >= 0.3 is 0 Å². The molecular weight excluding hydrogens is 218 g/mol. The molecule has 17 heavy (non-hydrogen) atoms. The highest BCUT2D eigenvalue weighted by Crippen LogP contribution is 2.16. The van der Waals surface area contributed by atoms with E-state index in [1.807, 2.05) is 0 Å². The molecule has 1 unspecified atom stereocenters. The number of likely N-dealkylation sites (N-methyl/N-ethyl adjacent to an activating group) is 1. The summed E-state index contributed by atoms with van der Waals surface area (Å²) in [6, 6.07) is 0. The van der Waals surface area contributed by atoms with Gasteiger partial charge in [-0.05, 0) is 25.3 Å². The second-order valence-corrected chi connectivity index (χ2v) is 4.22. The Hall–Kier alpha value is -1.10. The van der Waals surface area contributed by atoms with Crippen LogP contribution in [0.25, 0.3) is 0 Å². The smallest absolute Gasteiger partial charge is 0.239 e. The van der Waals surface area contributed by atoms with Crippen LogP contribution in [0.5, 0.6) is 0 Å². The van der Waals surface area contributed by atoms with Crippen LogP contribution in [0, 0.1) is 5.92 Å². The highest BCUT2D eigenvalue weighted by atomic mass is 16.2. The number of carbonyl (C=O) groups is 2. The van der Waals surface area contributed by atoms with Gasteiger partial charge in [0.15, 0.2) is 0 Å². The first-order chi connectivity index (χ1) is 8.13. The van der Waals surface area contributed by atoms with Crippen LogP contribution >= 0.6 is 0 Å². The molecule has 0 aromatic heterocycles. The van der Waals surface area contributed by atoms with Gasteiger partial charge in [0, 0.05) is 13.5 Å². The van der Waals surface area contributed by atoms with Crippen molar-refractivity contribution in [2.24, 2.45) is 11.7 Å². The largest absolute Gasteiger partial charge is 0.358 e. The summed E-state index contributed by atoms with van der Waals surface area (Å²) in [5.41, 5.74) is 5.53. The quantitative estimate of drug-likeness (QED) is 0.548. The summed E-state index contributed by atoms with van der Waals surface area (Å²) in [6.45, 7) is 2.87. The number of hydrogen-bond donors (Lipinski definition) is 3. The van der Waals surface area contributed by atoms with Gasteiger partial charge in [-0.25, -0.2) is 0 Å². The Labute approximate surface area is 104 Å². The number of nitrogens with one attached hydrogen (secondary N) is 2. The third-order valence-electron chi connectivity index (χ3n) is 2.78. The van der Waals surface area contributed by atoms with Crippen LogP contribution in [0.15, 0.2) is 0 Å². The highest BCUT2D eigenvalue weighted by Gasteiger charge is 2.10. The van der Waals surface area contributed by atoms with Crippen molar-refractivity contribution < 1.29 is 9.59 Å². The zero-order valence-corrected chi connectivity index (χ0v) is 10.9. The summed E-state index contributed by atoms with van der Waals surface area (Å²) in [5.74, 6) is 0.285. The summed E-state index contributed by atoms with van der Waals surface area (Å²) in [7, 11) is 1.55. The third-order valence-corrected chi connectivity index (χ3v) is 2.78. The minimum absolute atomic E-state index is 0.0602. The second kappa shape index (κ2) is 10.1. The predicted octanol–water partition coefficient (Wildman–Crippen LogP) is 0.394. The second-order valence-electron chi connectivity index (χ2n) is 4.22. The Bertz CT molecular complexity index is 226. The van der Waals surface area contributed by atoms with E-state index in [9.17, 15) is 9.59 Å². The molecule has 0 aromatic rings. The molecule has 4 N–H and O–H groups in total. The molecule has 0 aromatic carbocycles. The molecule has 0 aliphatic carbocycles. The Kier molecular flexibility index (Phi) is 9.43. The first-order valence-electron chi connectivity index (χ1n) is 6.31. The van der Waals surface area contributed by atoms with Crippen LogP contribution in [0.1, 0.15) is 39.0 Å². The van der Waals surface area contributed by atoms with E-state index >= 15 is 0 Å². The molecule has 0 heterocycles. The van der Waals surface area contributed by atoms with Crippen LogP contribution in [0.3, 0.4) is 0 Å². The summed E-state index contributed by atoms with van der Waals surface area (Å²) in [6.07, 6.45) is 4.52. The van der Waals surface area contributed by atoms with E-state index in [0.717, 1.165) is 25.7 Å². The molecule has 0 saturated carbocycles. The molecule has 2 amide bonds. The minimum Gasteiger partial charge on any atom is -0.358 e. The van der Waals surface area contributed by atoms with E-state index in [2.05, 4.69) is 17.6 Å². The van der Waals surface area contributed by atoms with Crippen LogP contribution in [0.4, 0.5) is 0 Å². The molecule has 5 heteroatoms. The third kappa shape index (κ3) is 8.68. The molecule has 0 fully saturated rings. The number of rotatable bonds is 9. The van der Waals surface area contributed by atoms with E-state index < -0.39 is 0 Å². The van der Waals surface area contributed by atoms with Gasteiger partial charge in [-0.3, -0.25) is 9.59 Å². The van der Waals surface area contributed by atoms with Gasteiger partial charge < -0.3 is 16.4 Å². The van der Waals surface area contributed by atoms with Gasteiger partial charge in [-0.15, -0.1) is 0 Å². The van der Waals surface area contributed by atoms with Crippen molar-refractivity contribution in [1.29, 1.82) is 0 Å². The summed E-state index contributed by atoms with van der Waals surface area (Å²) in [4.78, 5) is 22.4. The maximum Gasteiger partial charge on any atom is 0.239 e. The van der Waals surface area contributed by atoms with Crippen LogP contribution < -0.4 is 16.4 Å². The van der Waals surface area contributed by atoms with Crippen molar-refractivity contribution in [2.45, 2.75) is 39.0 Å². The van der Waals surface area contributed by atoms with E-state index in [1.54, 1.807) is 7.05 Å². The molecule has 1 atom stereocenters. The molecule has 0 saturated heterocycles. The Morgan fingerprint density at radius 2 is 1.88 bits per heavy atom. The maximum atomic E-state index is 11.5. The van der Waals surface area contributed by atoms with Gasteiger partial charge in [-0.2, -0.15) is 0 Å². The molecule has 0 aliphatic heterocycles. The van der Waals surface area contributed by atoms with E-state index in [0.29, 0.717) is 18.9 Å². The lowest BCUT2D eigenvalue weighted by Crippen LogP contribution is -2.35. The Morgan fingerprint density at radius 1 is 1.18 bits per heavy atom. The molecule has 100 valence electrons. The number of amides is 2. The topological polar surface area (TPSA) is 84.2 Å². The average Bonchev–Trinajstić information content (AvgIpc) is 2.33. The lowest BCUT2D eigenvalue weighted by Gasteiger charge is -2.14. The summed E-state index contributed by atoms with van der Waals surface area (Å²) < 4.78 is 0. The first kappa shape index (κ1) is 15.9. The molecule has 0 bridgehead atoms. The van der Waals surface area contributed by atoms with Gasteiger partial charge in [0.2, 0.25) is 11.8 Å². The van der Waals surface area contributed by atoms with E-state index in [1.165, 1.54) is 0 Å². The fraction of sp³-hybridized carbons (Fsp3) is 0.833. The summed E-state index contributed by atoms with van der Waals surface area (Å²) >= 11 is 0. The fourth-order valence-electron chi connectivity index (χ4n) is 1.77. The predicted molar refractivity (Wildman–Crippen MR) is 68.4 cm³/mol. The fourth-order valence-corrected chi connectivity index (χ4v) is 1.77. The lowest BCUT2D eigenvalue weighted by atomic mass is 9.94. The molecular formula is C12H25N3O2. The van der Waals surface area contributed by atoms with Crippen molar-refractivity contribution in [1.82, 2.24) is 10.6 Å². The molecule has 0 spiro atoms. The number of carbonyl (C=O) groups excluding carboxylic acids is 2. The standard InChI is InChI=1S/C12H25N3O2/c1-3-4-10(7-8-13)5-6-11(16)15-9-12(17)14-2/h10H,3-9,13H2,1-2H3,(H,14,17)(H,15,16). The van der Waals surface area contributed by atoms with Gasteiger partial charge in [0.1, 0.15) is 0 Å². The van der Waals surface area contributed by atoms with Gasteiger partial charge in [0.05, 0.1) is 6.54 Å². The van der Waals surface area contributed by atoms with Gasteiger partial charge in [-0.1, -0.05) is 19.8 Å². The normalized spacial score (nSPS) is 11.9. The van der Waals surface area contributed by atoms with Crippen molar-refractivity contribution in [3.63, 3.8) is 0 Å². The monoisotopic (exact) mass is 243 g/mol. The molecule has 0 rings (SSSR count). The van der Waals surface area contributed by atoms with Gasteiger partial charge in [0.25, 0.3) is 0 Å². The maximum absolute atomic E-state index is 11.5. The first-order valence-corrected chi connectivity index (χ1v) is 6.31. The molecule has 5 nitrogen and oxygen atoms in total. The van der Waals surface area contributed by atoms with Crippen molar-refractivity contribution in [3.05, 3.63) is 0 Å². The van der Waals surface area contributed by atoms with Crippen LogP contribution in [-0.2, 0) is 9.59 Å². The summed E-state index contributed by atoms with van der Waals surface area (Å²) in [5, 5.41) is 5.05. The van der Waals surface area contributed by atoms with Crippen LogP contribution in [-0.4, -0.2) is 32.0 Å². The zero-order valence-electron chi connectivity index (χ0n) is 10.9. The van der Waals surface area contributed by atoms with E-state index in [4.69, 9.17) is 5.73 Å². The number of nitrogens with two attached hydrogens (primary N) is 1. The Morgan fingerprint density at radius 3 is 2.41 bits per heavy atom. The van der Waals surface area contributed by atoms with Crippen molar-refractivity contribution >= 4 is 11.8 Å². The van der Waals surface area contributed by atoms with Crippen molar-refractivity contribution in [3.8, 4) is 0 Å². The Balaban J connectivity index is 3.75. The molecule has 0 aliphatic rings.